The minimum atomic E-state index is -0.0520. The number of aromatic amines is 1. The van der Waals surface area contributed by atoms with Crippen LogP contribution in [-0.2, 0) is 0 Å². The predicted molar refractivity (Wildman–Crippen MR) is 78.4 cm³/mol. The van der Waals surface area contributed by atoms with Gasteiger partial charge in [-0.15, -0.1) is 0 Å². The van der Waals surface area contributed by atoms with E-state index in [1.54, 1.807) is 12.4 Å². The number of amides is 1. The van der Waals surface area contributed by atoms with Gasteiger partial charge in [-0.3, -0.25) is 4.79 Å². The number of carbonyl (C=O) groups is 1. The van der Waals surface area contributed by atoms with E-state index in [2.05, 4.69) is 15.3 Å². The van der Waals surface area contributed by atoms with Gasteiger partial charge in [0.25, 0.3) is 5.91 Å². The van der Waals surface area contributed by atoms with Gasteiger partial charge < -0.3 is 16.0 Å². The van der Waals surface area contributed by atoms with Gasteiger partial charge in [0.05, 0.1) is 17.4 Å². The highest BCUT2D eigenvalue weighted by Gasteiger charge is 2.25. The summed E-state index contributed by atoms with van der Waals surface area (Å²) in [6.07, 6.45) is 6.46. The lowest BCUT2D eigenvalue weighted by atomic mass is 9.98. The average Bonchev–Trinajstić information content (AvgIpc) is 3.14. The Morgan fingerprint density at radius 2 is 2.25 bits per heavy atom. The lowest BCUT2D eigenvalue weighted by Crippen LogP contribution is -2.44. The molecule has 1 fully saturated rings. The normalized spacial score (nSPS) is 17.4. The molecule has 4 N–H and O–H groups in total. The summed E-state index contributed by atoms with van der Waals surface area (Å²) in [5.41, 5.74) is 8.22. The molecule has 3 rings (SSSR count). The van der Waals surface area contributed by atoms with Crippen LogP contribution in [0.1, 0.15) is 36.0 Å². The molecule has 1 saturated carbocycles. The summed E-state index contributed by atoms with van der Waals surface area (Å²) in [6.45, 7) is 0.503. The molecule has 0 radical (unpaired) electrons. The molecule has 1 atom stereocenters. The zero-order chi connectivity index (χ0) is 13.9. The first kappa shape index (κ1) is 13.1. The largest absolute Gasteiger partial charge is 0.348 e. The number of nitrogens with two attached hydrogens (primary N) is 1. The molecule has 2 aromatic rings. The second kappa shape index (κ2) is 5.63. The number of nitrogens with zero attached hydrogens (tertiary/aromatic N) is 1. The van der Waals surface area contributed by atoms with Crippen LogP contribution >= 0.6 is 0 Å². The Kier molecular flexibility index (Phi) is 3.69. The maximum absolute atomic E-state index is 12.3. The lowest BCUT2D eigenvalue weighted by Gasteiger charge is -2.23. The Hall–Kier alpha value is -1.88. The fraction of sp³-hybridized carbons (Fsp3) is 0.467. The molecular weight excluding hydrogens is 252 g/mol. The zero-order valence-electron chi connectivity index (χ0n) is 11.4. The molecule has 1 amide bonds. The summed E-state index contributed by atoms with van der Waals surface area (Å²) in [6, 6.07) is 5.58. The number of imidazole rings is 1. The van der Waals surface area contributed by atoms with Crippen molar-refractivity contribution in [2.24, 2.45) is 11.7 Å². The van der Waals surface area contributed by atoms with Crippen molar-refractivity contribution in [3.05, 3.63) is 30.1 Å². The van der Waals surface area contributed by atoms with E-state index in [9.17, 15) is 4.79 Å². The number of benzene rings is 1. The van der Waals surface area contributed by atoms with Crippen LogP contribution in [-0.4, -0.2) is 28.5 Å². The monoisotopic (exact) mass is 272 g/mol. The van der Waals surface area contributed by atoms with Crippen molar-refractivity contribution < 1.29 is 4.79 Å². The van der Waals surface area contributed by atoms with Crippen molar-refractivity contribution in [1.29, 1.82) is 0 Å². The number of fused-ring (bicyclic) bond motifs is 1. The highest BCUT2D eigenvalue weighted by molar-refractivity contribution is 5.97. The third-order valence-corrected chi connectivity index (χ3v) is 4.22. The van der Waals surface area contributed by atoms with Gasteiger partial charge in [0.1, 0.15) is 0 Å². The highest BCUT2D eigenvalue weighted by Crippen LogP contribution is 2.27. The first-order valence-electron chi connectivity index (χ1n) is 7.22. The molecule has 5 heteroatoms. The molecule has 0 aliphatic heterocycles. The van der Waals surface area contributed by atoms with E-state index in [0.717, 1.165) is 11.0 Å². The highest BCUT2D eigenvalue weighted by atomic mass is 16.1. The van der Waals surface area contributed by atoms with Crippen molar-refractivity contribution in [1.82, 2.24) is 15.3 Å². The Bertz CT molecular complexity index is 601. The van der Waals surface area contributed by atoms with E-state index in [1.807, 2.05) is 12.1 Å². The summed E-state index contributed by atoms with van der Waals surface area (Å²) in [5.74, 6) is 0.476. The van der Waals surface area contributed by atoms with Gasteiger partial charge in [0, 0.05) is 18.2 Å². The zero-order valence-corrected chi connectivity index (χ0v) is 11.4. The number of carbonyl (C=O) groups excluding carboxylic acids is 1. The van der Waals surface area contributed by atoms with E-state index < -0.39 is 0 Å². The number of rotatable bonds is 4. The minimum absolute atomic E-state index is 0.0520. The number of hydrogen-bond donors (Lipinski definition) is 3. The molecule has 20 heavy (non-hydrogen) atoms. The summed E-state index contributed by atoms with van der Waals surface area (Å²) in [4.78, 5) is 19.5. The molecule has 106 valence electrons. The van der Waals surface area contributed by atoms with E-state index >= 15 is 0 Å². The minimum Gasteiger partial charge on any atom is -0.348 e. The number of nitrogens with one attached hydrogen (secondary N) is 2. The van der Waals surface area contributed by atoms with E-state index in [1.165, 1.54) is 25.7 Å². The average molecular weight is 272 g/mol. The van der Waals surface area contributed by atoms with Crippen LogP contribution in [0.25, 0.3) is 11.0 Å². The molecule has 1 aromatic carbocycles. The van der Waals surface area contributed by atoms with E-state index in [0.29, 0.717) is 18.0 Å². The van der Waals surface area contributed by atoms with Crippen LogP contribution in [0.3, 0.4) is 0 Å². The molecule has 0 saturated heterocycles. The molecule has 1 unspecified atom stereocenters. The van der Waals surface area contributed by atoms with Gasteiger partial charge in [0.15, 0.2) is 0 Å². The van der Waals surface area contributed by atoms with Gasteiger partial charge in [-0.2, -0.15) is 0 Å². The first-order valence-corrected chi connectivity index (χ1v) is 7.22. The topological polar surface area (TPSA) is 83.8 Å². The van der Waals surface area contributed by atoms with Crippen LogP contribution in [0, 0.1) is 5.92 Å². The maximum atomic E-state index is 12.3. The number of hydrogen-bond acceptors (Lipinski definition) is 3. The van der Waals surface area contributed by atoms with Crippen LogP contribution in [0.2, 0.25) is 0 Å². The summed E-state index contributed by atoms with van der Waals surface area (Å²) < 4.78 is 0. The first-order chi connectivity index (χ1) is 9.78. The molecule has 5 nitrogen and oxygen atoms in total. The van der Waals surface area contributed by atoms with Crippen LogP contribution in [0.15, 0.2) is 24.5 Å². The summed E-state index contributed by atoms with van der Waals surface area (Å²) in [5, 5.41) is 3.08. The molecule has 1 aliphatic carbocycles. The van der Waals surface area contributed by atoms with Crippen molar-refractivity contribution >= 4 is 16.9 Å². The van der Waals surface area contributed by atoms with Crippen LogP contribution in [0.5, 0.6) is 0 Å². The number of H-pyrrole nitrogens is 1. The van der Waals surface area contributed by atoms with Crippen LogP contribution in [0.4, 0.5) is 0 Å². The van der Waals surface area contributed by atoms with Gasteiger partial charge in [0.2, 0.25) is 0 Å². The molecule has 1 heterocycles. The summed E-state index contributed by atoms with van der Waals surface area (Å²) in [7, 11) is 0. The second-order valence-corrected chi connectivity index (χ2v) is 5.49. The Balaban J connectivity index is 1.73. The molecule has 0 bridgehead atoms. The fourth-order valence-corrected chi connectivity index (χ4v) is 3.06. The number of aromatic nitrogens is 2. The van der Waals surface area contributed by atoms with Gasteiger partial charge in [-0.1, -0.05) is 12.8 Å². The molecular formula is C15H20N4O. The second-order valence-electron chi connectivity index (χ2n) is 5.49. The van der Waals surface area contributed by atoms with Crippen molar-refractivity contribution in [2.75, 3.05) is 6.54 Å². The fourth-order valence-electron chi connectivity index (χ4n) is 3.06. The standard InChI is InChI=1S/C15H20N4O/c16-8-14(10-3-1-2-4-10)19-15(20)11-5-6-12-13(7-11)18-9-17-12/h5-7,9-10,14H,1-4,8,16H2,(H,17,18)(H,19,20). The Morgan fingerprint density at radius 3 is 3.00 bits per heavy atom. The van der Waals surface area contributed by atoms with Crippen LogP contribution < -0.4 is 11.1 Å². The molecule has 1 aliphatic rings. The Morgan fingerprint density at radius 1 is 1.45 bits per heavy atom. The van der Waals surface area contributed by atoms with Crippen molar-refractivity contribution in [3.8, 4) is 0 Å². The summed E-state index contributed by atoms with van der Waals surface area (Å²) >= 11 is 0. The van der Waals surface area contributed by atoms with E-state index in [4.69, 9.17) is 5.73 Å². The van der Waals surface area contributed by atoms with Gasteiger partial charge in [-0.25, -0.2) is 4.98 Å². The van der Waals surface area contributed by atoms with E-state index in [-0.39, 0.29) is 11.9 Å². The molecule has 1 aromatic heterocycles. The van der Waals surface area contributed by atoms with Crippen molar-refractivity contribution in [2.45, 2.75) is 31.7 Å². The third kappa shape index (κ3) is 2.54. The maximum Gasteiger partial charge on any atom is 0.251 e. The third-order valence-electron chi connectivity index (χ3n) is 4.22. The smallest absolute Gasteiger partial charge is 0.251 e. The predicted octanol–water partition coefficient (Wildman–Crippen LogP) is 1.81. The SMILES string of the molecule is NCC(NC(=O)c1ccc2nc[nH]c2c1)C1CCCC1. The molecule has 0 spiro atoms. The van der Waals surface area contributed by atoms with Gasteiger partial charge in [-0.05, 0) is 37.0 Å². The van der Waals surface area contributed by atoms with Crippen molar-refractivity contribution in [3.63, 3.8) is 0 Å². The lowest BCUT2D eigenvalue weighted by molar-refractivity contribution is 0.0924. The Labute approximate surface area is 118 Å². The quantitative estimate of drug-likeness (QED) is 0.793. The van der Waals surface area contributed by atoms with Gasteiger partial charge >= 0.3 is 0 Å².